The summed E-state index contributed by atoms with van der Waals surface area (Å²) < 4.78 is 7.59. The van der Waals surface area contributed by atoms with Crippen LogP contribution in [0.2, 0.25) is 0 Å². The van der Waals surface area contributed by atoms with Crippen molar-refractivity contribution < 1.29 is 9.53 Å². The number of pyridine rings is 1. The summed E-state index contributed by atoms with van der Waals surface area (Å²) in [6.07, 6.45) is 4.59. The second kappa shape index (κ2) is 12.2. The minimum Gasteiger partial charge on any atom is -0.379 e. The van der Waals surface area contributed by atoms with E-state index in [0.29, 0.717) is 18.7 Å². The predicted octanol–water partition coefficient (Wildman–Crippen LogP) is 4.22. The average molecular weight is 502 g/mol. The molecule has 8 heteroatoms. The number of benzene rings is 2. The topological polar surface area (TPSA) is 72.3 Å². The fraction of sp³-hybridized carbons (Fsp3) is 0.321. The van der Waals surface area contributed by atoms with E-state index in [0.717, 1.165) is 66.8 Å². The Hall–Kier alpha value is -3.20. The van der Waals surface area contributed by atoms with Gasteiger partial charge in [-0.05, 0) is 42.3 Å². The van der Waals surface area contributed by atoms with E-state index in [4.69, 9.17) is 9.72 Å². The first-order valence-electron chi connectivity index (χ1n) is 12.4. The lowest BCUT2D eigenvalue weighted by Gasteiger charge is -2.26. The second-order valence-electron chi connectivity index (χ2n) is 8.88. The van der Waals surface area contributed by atoms with E-state index in [9.17, 15) is 4.79 Å². The Morgan fingerprint density at radius 1 is 1.00 bits per heavy atom. The van der Waals surface area contributed by atoms with Crippen LogP contribution in [-0.2, 0) is 17.0 Å². The Morgan fingerprint density at radius 2 is 1.81 bits per heavy atom. The molecular formula is C28H31N5O2S. The van der Waals surface area contributed by atoms with Crippen LogP contribution in [0.15, 0.2) is 78.2 Å². The van der Waals surface area contributed by atoms with E-state index < -0.39 is 0 Å². The van der Waals surface area contributed by atoms with Crippen LogP contribution in [0, 0.1) is 0 Å². The number of hydrogen-bond donors (Lipinski definition) is 1. The minimum atomic E-state index is -0.0279. The number of amides is 1. The van der Waals surface area contributed by atoms with Crippen LogP contribution >= 0.6 is 11.8 Å². The van der Waals surface area contributed by atoms with Crippen LogP contribution < -0.4 is 5.32 Å². The Kier molecular flexibility index (Phi) is 8.28. The number of ether oxygens (including phenoxy) is 1. The second-order valence-corrected chi connectivity index (χ2v) is 9.82. The van der Waals surface area contributed by atoms with Gasteiger partial charge in [-0.15, -0.1) is 0 Å². The van der Waals surface area contributed by atoms with Gasteiger partial charge in [0.15, 0.2) is 5.16 Å². The van der Waals surface area contributed by atoms with Gasteiger partial charge < -0.3 is 14.6 Å². The zero-order valence-corrected chi connectivity index (χ0v) is 21.1. The zero-order chi connectivity index (χ0) is 24.6. The van der Waals surface area contributed by atoms with Crippen molar-refractivity contribution in [1.82, 2.24) is 24.8 Å². The molecule has 0 radical (unpaired) electrons. The van der Waals surface area contributed by atoms with Crippen molar-refractivity contribution in [1.29, 1.82) is 0 Å². The van der Waals surface area contributed by atoms with Gasteiger partial charge in [-0.25, -0.2) is 4.98 Å². The van der Waals surface area contributed by atoms with Crippen molar-refractivity contribution in [2.24, 2.45) is 0 Å². The number of nitrogens with zero attached hydrogens (tertiary/aromatic N) is 4. The van der Waals surface area contributed by atoms with Gasteiger partial charge in [0.25, 0.3) is 5.91 Å². The molecular weight excluding hydrogens is 470 g/mol. The number of fused-ring (bicyclic) bond motifs is 1. The van der Waals surface area contributed by atoms with Gasteiger partial charge in [0, 0.05) is 37.1 Å². The van der Waals surface area contributed by atoms with Gasteiger partial charge in [0.2, 0.25) is 0 Å². The molecule has 0 spiro atoms. The van der Waals surface area contributed by atoms with Crippen molar-refractivity contribution >= 4 is 28.7 Å². The zero-order valence-electron chi connectivity index (χ0n) is 20.3. The average Bonchev–Trinajstić information content (AvgIpc) is 3.28. The summed E-state index contributed by atoms with van der Waals surface area (Å²) >= 11 is 1.72. The van der Waals surface area contributed by atoms with E-state index in [1.165, 1.54) is 5.56 Å². The number of carbonyl (C=O) groups is 1. The highest BCUT2D eigenvalue weighted by molar-refractivity contribution is 7.98. The van der Waals surface area contributed by atoms with E-state index in [1.54, 1.807) is 18.0 Å². The van der Waals surface area contributed by atoms with Gasteiger partial charge >= 0.3 is 0 Å². The van der Waals surface area contributed by atoms with Crippen molar-refractivity contribution in [3.05, 3.63) is 89.7 Å². The minimum absolute atomic E-state index is 0.0279. The number of imidazole rings is 1. The summed E-state index contributed by atoms with van der Waals surface area (Å²) in [4.78, 5) is 24.2. The first-order valence-corrected chi connectivity index (χ1v) is 13.4. The summed E-state index contributed by atoms with van der Waals surface area (Å²) in [5.41, 5.74) is 5.01. The van der Waals surface area contributed by atoms with Gasteiger partial charge in [0.1, 0.15) is 0 Å². The van der Waals surface area contributed by atoms with Crippen molar-refractivity contribution in [2.75, 3.05) is 39.4 Å². The fourth-order valence-corrected chi connectivity index (χ4v) is 5.28. The van der Waals surface area contributed by atoms with Crippen LogP contribution in [0.25, 0.3) is 11.0 Å². The molecule has 1 amide bonds. The van der Waals surface area contributed by atoms with Gasteiger partial charge in [-0.2, -0.15) is 0 Å². The smallest absolute Gasteiger partial charge is 0.251 e. The number of hydrogen-bond acceptors (Lipinski definition) is 6. The van der Waals surface area contributed by atoms with E-state index in [2.05, 4.69) is 44.0 Å². The molecule has 1 aliphatic rings. The number of thioether (sulfide) groups is 1. The quantitative estimate of drug-likeness (QED) is 0.259. The summed E-state index contributed by atoms with van der Waals surface area (Å²) in [6.45, 7) is 5.89. The van der Waals surface area contributed by atoms with Crippen molar-refractivity contribution in [3.63, 3.8) is 0 Å². The first kappa shape index (κ1) is 24.5. The summed E-state index contributed by atoms with van der Waals surface area (Å²) in [5.74, 6) is 0.822. The normalized spacial score (nSPS) is 14.2. The molecule has 1 N–H and O–H groups in total. The van der Waals surface area contributed by atoms with Crippen LogP contribution in [0.3, 0.4) is 0 Å². The summed E-state index contributed by atoms with van der Waals surface area (Å²) in [6, 6.07) is 20.2. The van der Waals surface area contributed by atoms with Gasteiger partial charge in [0.05, 0.1) is 37.0 Å². The van der Waals surface area contributed by atoms with Crippen LogP contribution in [0.5, 0.6) is 0 Å². The van der Waals surface area contributed by atoms with Crippen LogP contribution in [0.1, 0.15) is 27.9 Å². The molecule has 0 aliphatic carbocycles. The lowest BCUT2D eigenvalue weighted by atomic mass is 10.1. The van der Waals surface area contributed by atoms with Crippen molar-refractivity contribution in [2.45, 2.75) is 23.9 Å². The molecule has 1 saturated heterocycles. The van der Waals surface area contributed by atoms with Crippen molar-refractivity contribution in [3.8, 4) is 0 Å². The molecule has 2 aromatic carbocycles. The maximum atomic E-state index is 12.6. The molecule has 0 unspecified atom stereocenters. The predicted molar refractivity (Wildman–Crippen MR) is 143 cm³/mol. The molecule has 36 heavy (non-hydrogen) atoms. The molecule has 186 valence electrons. The lowest BCUT2D eigenvalue weighted by molar-refractivity contribution is 0.0374. The molecule has 0 atom stereocenters. The maximum Gasteiger partial charge on any atom is 0.251 e. The highest BCUT2D eigenvalue weighted by Crippen LogP contribution is 2.27. The molecule has 2 aromatic heterocycles. The lowest BCUT2D eigenvalue weighted by Crippen LogP contribution is -2.38. The van der Waals surface area contributed by atoms with Crippen LogP contribution in [-0.4, -0.2) is 64.7 Å². The molecule has 5 rings (SSSR count). The number of aromatic nitrogens is 3. The first-order chi connectivity index (χ1) is 17.8. The van der Waals surface area contributed by atoms with Gasteiger partial charge in [-0.1, -0.05) is 54.2 Å². The molecule has 7 nitrogen and oxygen atoms in total. The standard InChI is InChI=1S/C28H31N5O2S/c34-27(30-12-4-14-32-15-17-35-18-16-32)24-9-7-22(8-10-24)20-33-26-19-29-13-11-25(26)31-28(33)36-21-23-5-2-1-3-6-23/h1-3,5-11,13,19H,4,12,14-18,20-21H2,(H,30,34). The molecule has 4 aromatic rings. The summed E-state index contributed by atoms with van der Waals surface area (Å²) in [5, 5.41) is 4.01. The highest BCUT2D eigenvalue weighted by atomic mass is 32.2. The number of morpholine rings is 1. The number of carbonyl (C=O) groups excluding carboxylic acids is 1. The van der Waals surface area contributed by atoms with E-state index in [-0.39, 0.29) is 5.91 Å². The molecule has 0 bridgehead atoms. The number of nitrogens with one attached hydrogen (secondary N) is 1. The Labute approximate surface area is 215 Å². The third kappa shape index (κ3) is 6.32. The Morgan fingerprint density at radius 3 is 2.61 bits per heavy atom. The van der Waals surface area contributed by atoms with E-state index >= 15 is 0 Å². The van der Waals surface area contributed by atoms with Crippen LogP contribution in [0.4, 0.5) is 0 Å². The third-order valence-electron chi connectivity index (χ3n) is 6.32. The third-order valence-corrected chi connectivity index (χ3v) is 7.37. The molecule has 3 heterocycles. The number of rotatable bonds is 10. The Balaban J connectivity index is 1.20. The maximum absolute atomic E-state index is 12.6. The molecule has 0 saturated carbocycles. The monoisotopic (exact) mass is 501 g/mol. The SMILES string of the molecule is O=C(NCCCN1CCOCC1)c1ccc(Cn2c(SCc3ccccc3)nc3ccncc32)cc1. The van der Waals surface area contributed by atoms with E-state index in [1.807, 2.05) is 42.6 Å². The Bertz CT molecular complexity index is 1270. The highest BCUT2D eigenvalue weighted by Gasteiger charge is 2.13. The summed E-state index contributed by atoms with van der Waals surface area (Å²) in [7, 11) is 0. The largest absolute Gasteiger partial charge is 0.379 e. The molecule has 1 fully saturated rings. The van der Waals surface area contributed by atoms with Gasteiger partial charge in [-0.3, -0.25) is 14.7 Å². The fourth-order valence-electron chi connectivity index (χ4n) is 4.31. The molecule has 1 aliphatic heterocycles.